The van der Waals surface area contributed by atoms with Crippen LogP contribution in [0, 0.1) is 0 Å². The number of thiophene rings is 1. The quantitative estimate of drug-likeness (QED) is 0.878. The summed E-state index contributed by atoms with van der Waals surface area (Å²) in [5.41, 5.74) is 0. The molecule has 1 atom stereocenters. The Morgan fingerprint density at radius 3 is 2.90 bits per heavy atom. The first-order valence-corrected chi connectivity index (χ1v) is 9.60. The highest BCUT2D eigenvalue weighted by molar-refractivity contribution is 7.91. The van der Waals surface area contributed by atoms with Gasteiger partial charge in [-0.05, 0) is 38.4 Å². The number of nitrogens with one attached hydrogen (secondary N) is 1. The predicted octanol–water partition coefficient (Wildman–Crippen LogP) is 2.81. The Bertz CT molecular complexity index is 523. The molecule has 20 heavy (non-hydrogen) atoms. The summed E-state index contributed by atoms with van der Waals surface area (Å²) in [6.07, 6.45) is 5.13. The van der Waals surface area contributed by atoms with Crippen LogP contribution in [0.15, 0.2) is 16.3 Å². The van der Waals surface area contributed by atoms with Crippen molar-refractivity contribution in [2.24, 2.45) is 0 Å². The first-order chi connectivity index (χ1) is 9.59. The second kappa shape index (κ2) is 7.02. The molecule has 1 aliphatic rings. The molecule has 0 spiro atoms. The van der Waals surface area contributed by atoms with E-state index in [2.05, 4.69) is 12.2 Å². The summed E-state index contributed by atoms with van der Waals surface area (Å²) in [4.78, 5) is 1.06. The van der Waals surface area contributed by atoms with Gasteiger partial charge < -0.3 is 5.32 Å². The molecule has 0 aromatic carbocycles. The minimum absolute atomic E-state index is 0.189. The highest BCUT2D eigenvalue weighted by atomic mass is 32.2. The van der Waals surface area contributed by atoms with Crippen LogP contribution >= 0.6 is 11.3 Å². The third-order valence-electron chi connectivity index (χ3n) is 3.75. The van der Waals surface area contributed by atoms with Crippen molar-refractivity contribution in [3.63, 3.8) is 0 Å². The summed E-state index contributed by atoms with van der Waals surface area (Å²) in [6.45, 7) is 3.51. The Balaban J connectivity index is 2.22. The van der Waals surface area contributed by atoms with Crippen LogP contribution in [0.5, 0.6) is 0 Å². The summed E-state index contributed by atoms with van der Waals surface area (Å²) in [5, 5.41) is 3.06. The van der Waals surface area contributed by atoms with E-state index in [0.717, 1.165) is 43.5 Å². The highest BCUT2D eigenvalue weighted by Gasteiger charge is 2.33. The molecule has 2 rings (SSSR count). The summed E-state index contributed by atoms with van der Waals surface area (Å²) in [7, 11) is -1.44. The maximum atomic E-state index is 12.8. The second-order valence-electron chi connectivity index (χ2n) is 5.31. The van der Waals surface area contributed by atoms with Gasteiger partial charge >= 0.3 is 0 Å². The van der Waals surface area contributed by atoms with Crippen molar-refractivity contribution >= 4 is 21.4 Å². The number of nitrogens with zero attached hydrogens (tertiary/aromatic N) is 1. The van der Waals surface area contributed by atoms with Crippen LogP contribution in [-0.4, -0.2) is 32.4 Å². The van der Waals surface area contributed by atoms with Gasteiger partial charge in [-0.2, -0.15) is 4.31 Å². The lowest BCUT2D eigenvalue weighted by Gasteiger charge is -2.34. The van der Waals surface area contributed by atoms with Crippen LogP contribution in [-0.2, 0) is 16.6 Å². The van der Waals surface area contributed by atoms with Gasteiger partial charge in [-0.15, -0.1) is 11.3 Å². The molecule has 0 radical (unpaired) electrons. The predicted molar refractivity (Wildman–Crippen MR) is 83.5 cm³/mol. The molecule has 1 saturated heterocycles. The third kappa shape index (κ3) is 3.42. The normalized spacial score (nSPS) is 21.2. The molecule has 1 aromatic heterocycles. The topological polar surface area (TPSA) is 49.4 Å². The van der Waals surface area contributed by atoms with Gasteiger partial charge in [0.25, 0.3) is 10.0 Å². The molecule has 1 aliphatic heterocycles. The molecular formula is C14H24N2O2S2. The molecule has 0 amide bonds. The number of piperidine rings is 1. The molecule has 1 aromatic rings. The average molecular weight is 316 g/mol. The average Bonchev–Trinajstić information content (AvgIpc) is 2.89. The van der Waals surface area contributed by atoms with Crippen LogP contribution in [0.4, 0.5) is 0 Å². The SMILES string of the molecule is CCCC1CCCCN1S(=O)(=O)c1ccc(CNC)s1. The van der Waals surface area contributed by atoms with E-state index in [9.17, 15) is 8.42 Å². The minimum Gasteiger partial charge on any atom is -0.315 e. The summed E-state index contributed by atoms with van der Waals surface area (Å²) >= 11 is 1.39. The van der Waals surface area contributed by atoms with E-state index in [1.165, 1.54) is 11.3 Å². The lowest BCUT2D eigenvalue weighted by Crippen LogP contribution is -2.43. The number of hydrogen-bond donors (Lipinski definition) is 1. The molecule has 0 aliphatic carbocycles. The van der Waals surface area contributed by atoms with Gasteiger partial charge in [0.1, 0.15) is 4.21 Å². The van der Waals surface area contributed by atoms with Gasteiger partial charge in [0.2, 0.25) is 0 Å². The Hall–Kier alpha value is -0.430. The van der Waals surface area contributed by atoms with Gasteiger partial charge in [0.05, 0.1) is 0 Å². The highest BCUT2D eigenvalue weighted by Crippen LogP contribution is 2.31. The first-order valence-electron chi connectivity index (χ1n) is 7.34. The van der Waals surface area contributed by atoms with Crippen molar-refractivity contribution in [2.45, 2.75) is 55.8 Å². The van der Waals surface area contributed by atoms with Crippen molar-refractivity contribution in [2.75, 3.05) is 13.6 Å². The molecule has 0 bridgehead atoms. The minimum atomic E-state index is -3.31. The molecule has 1 fully saturated rings. The zero-order chi connectivity index (χ0) is 14.6. The fourth-order valence-corrected chi connectivity index (χ4v) is 6.01. The molecule has 1 N–H and O–H groups in total. The maximum Gasteiger partial charge on any atom is 0.252 e. The number of rotatable bonds is 6. The third-order valence-corrected chi connectivity index (χ3v) is 7.25. The van der Waals surface area contributed by atoms with Crippen molar-refractivity contribution in [3.8, 4) is 0 Å². The molecule has 114 valence electrons. The zero-order valence-corrected chi connectivity index (χ0v) is 13.9. The van der Waals surface area contributed by atoms with E-state index in [1.54, 1.807) is 10.4 Å². The van der Waals surface area contributed by atoms with E-state index in [-0.39, 0.29) is 6.04 Å². The van der Waals surface area contributed by atoms with Crippen molar-refractivity contribution in [1.82, 2.24) is 9.62 Å². The van der Waals surface area contributed by atoms with E-state index in [0.29, 0.717) is 10.8 Å². The molecule has 1 unspecified atom stereocenters. The van der Waals surface area contributed by atoms with Gasteiger partial charge in [-0.3, -0.25) is 0 Å². The van der Waals surface area contributed by atoms with Crippen LogP contribution in [0.25, 0.3) is 0 Å². The Labute approximate surface area is 126 Å². The Morgan fingerprint density at radius 2 is 2.20 bits per heavy atom. The van der Waals surface area contributed by atoms with Gasteiger partial charge in [0, 0.05) is 24.0 Å². The second-order valence-corrected chi connectivity index (χ2v) is 8.59. The van der Waals surface area contributed by atoms with Crippen molar-refractivity contribution < 1.29 is 8.42 Å². The molecule has 2 heterocycles. The molecule has 6 heteroatoms. The van der Waals surface area contributed by atoms with Crippen LogP contribution < -0.4 is 5.32 Å². The van der Waals surface area contributed by atoms with E-state index in [4.69, 9.17) is 0 Å². The fraction of sp³-hybridized carbons (Fsp3) is 0.714. The van der Waals surface area contributed by atoms with Gasteiger partial charge in [0.15, 0.2) is 0 Å². The van der Waals surface area contributed by atoms with Crippen molar-refractivity contribution in [1.29, 1.82) is 0 Å². The van der Waals surface area contributed by atoms with E-state index >= 15 is 0 Å². The summed E-state index contributed by atoms with van der Waals surface area (Å²) in [5.74, 6) is 0. The van der Waals surface area contributed by atoms with Crippen LogP contribution in [0.3, 0.4) is 0 Å². The summed E-state index contributed by atoms with van der Waals surface area (Å²) in [6, 6.07) is 3.85. The molecule has 4 nitrogen and oxygen atoms in total. The van der Waals surface area contributed by atoms with Gasteiger partial charge in [-0.25, -0.2) is 8.42 Å². The smallest absolute Gasteiger partial charge is 0.252 e. The Kier molecular flexibility index (Phi) is 5.60. The zero-order valence-electron chi connectivity index (χ0n) is 12.3. The fourth-order valence-electron chi connectivity index (χ4n) is 2.79. The van der Waals surface area contributed by atoms with E-state index < -0.39 is 10.0 Å². The van der Waals surface area contributed by atoms with Gasteiger partial charge in [-0.1, -0.05) is 19.8 Å². The number of sulfonamides is 1. The standard InChI is InChI=1S/C14H24N2O2S2/c1-3-6-12-7-4-5-10-16(12)20(17,18)14-9-8-13(19-14)11-15-2/h8-9,12,15H,3-7,10-11H2,1-2H3. The lowest BCUT2D eigenvalue weighted by molar-refractivity contribution is 0.240. The van der Waals surface area contributed by atoms with Crippen LogP contribution in [0.2, 0.25) is 0 Å². The maximum absolute atomic E-state index is 12.8. The van der Waals surface area contributed by atoms with Crippen molar-refractivity contribution in [3.05, 3.63) is 17.0 Å². The number of hydrogen-bond acceptors (Lipinski definition) is 4. The first kappa shape index (κ1) is 15.9. The lowest BCUT2D eigenvalue weighted by atomic mass is 10.0. The summed E-state index contributed by atoms with van der Waals surface area (Å²) < 4.78 is 27.8. The van der Waals surface area contributed by atoms with E-state index in [1.807, 2.05) is 13.1 Å². The van der Waals surface area contributed by atoms with Crippen LogP contribution in [0.1, 0.15) is 43.9 Å². The molecular weight excluding hydrogens is 292 g/mol. The monoisotopic (exact) mass is 316 g/mol. The largest absolute Gasteiger partial charge is 0.315 e. The Morgan fingerprint density at radius 1 is 1.40 bits per heavy atom. The molecule has 0 saturated carbocycles.